The van der Waals surface area contributed by atoms with Gasteiger partial charge in [0.15, 0.2) is 30.9 Å². The molecule has 6 aromatic heterocycles. The normalized spacial score (nSPS) is 9.73. The number of aromatic nitrogens is 12. The van der Waals surface area contributed by atoms with E-state index in [1.54, 1.807) is 72.8 Å². The predicted octanol–water partition coefficient (Wildman–Crippen LogP) is 22.2. The van der Waals surface area contributed by atoms with E-state index in [4.69, 9.17) is 69.6 Å². The molecule has 0 aliphatic heterocycles. The summed E-state index contributed by atoms with van der Waals surface area (Å²) in [6.45, 7) is 13.0. The molecule has 12 rings (SSSR count). The highest BCUT2D eigenvalue weighted by molar-refractivity contribution is 6.30. The summed E-state index contributed by atoms with van der Waals surface area (Å²) in [5, 5.41) is 48.1. The molecule has 0 radical (unpaired) electrons. The highest BCUT2D eigenvalue weighted by atomic mass is 35.5. The first-order valence-corrected chi connectivity index (χ1v) is 39.0. The molecule has 12 nitrogen and oxygen atoms in total. The van der Waals surface area contributed by atoms with Crippen molar-refractivity contribution in [2.45, 2.75) is 138 Å². The Balaban J connectivity index is 0.000000185. The lowest BCUT2D eigenvalue weighted by Gasteiger charge is -2.01. The third-order valence-electron chi connectivity index (χ3n) is 15.8. The minimum atomic E-state index is 0.376. The van der Waals surface area contributed by atoms with Gasteiger partial charge in [-0.15, -0.1) is 61.2 Å². The number of nitrogens with zero attached hydrogens (tertiary/aromatic N) is 12. The van der Waals surface area contributed by atoms with Crippen molar-refractivity contribution in [2.75, 3.05) is 0 Å². The van der Waals surface area contributed by atoms with Gasteiger partial charge in [0.05, 0.1) is 0 Å². The molecule has 6 heterocycles. The van der Waals surface area contributed by atoms with Crippen molar-refractivity contribution < 1.29 is 0 Å². The molecule has 0 atom stereocenters. The Morgan fingerprint density at radius 2 is 0.414 bits per heavy atom. The van der Waals surface area contributed by atoms with Crippen LogP contribution in [0.25, 0.3) is 0 Å². The topological polar surface area (TPSA) is 155 Å². The molecule has 0 N–H and O–H groups in total. The lowest BCUT2D eigenvalue weighted by Crippen LogP contribution is -1.87. The zero-order valence-electron chi connectivity index (χ0n) is 63.0. The van der Waals surface area contributed by atoms with Crippen molar-refractivity contribution >= 4 is 69.6 Å². The molecule has 0 spiro atoms. The molecule has 0 aliphatic carbocycles. The Kier molecular flexibility index (Phi) is 40.3. The number of hydrogen-bond donors (Lipinski definition) is 0. The Hall–Kier alpha value is -11.1. The molecule has 111 heavy (non-hydrogen) atoms. The second-order valence-corrected chi connectivity index (χ2v) is 27.1. The van der Waals surface area contributed by atoms with Gasteiger partial charge in [-0.05, 0) is 267 Å². The van der Waals surface area contributed by atoms with Gasteiger partial charge in [0.25, 0.3) is 0 Å². The zero-order valence-corrected chi connectivity index (χ0v) is 67.6. The Morgan fingerprint density at radius 1 is 0.198 bits per heavy atom. The summed E-state index contributed by atoms with van der Waals surface area (Å²) in [6.07, 6.45) is 18.2. The quantitative estimate of drug-likeness (QED) is 0.0709. The second kappa shape index (κ2) is 51.3. The maximum Gasteiger partial charge on any atom is 0.151 e. The van der Waals surface area contributed by atoms with Crippen LogP contribution >= 0.6 is 69.6 Å². The van der Waals surface area contributed by atoms with Gasteiger partial charge in [0.1, 0.15) is 34.2 Å². The van der Waals surface area contributed by atoms with Crippen LogP contribution in [0.4, 0.5) is 0 Å². The van der Waals surface area contributed by atoms with E-state index in [1.165, 1.54) is 91.2 Å². The Morgan fingerprint density at radius 3 is 0.640 bits per heavy atom. The summed E-state index contributed by atoms with van der Waals surface area (Å²) in [4.78, 5) is 0. The van der Waals surface area contributed by atoms with Crippen LogP contribution in [0.15, 0.2) is 218 Å². The van der Waals surface area contributed by atoms with E-state index in [9.17, 15) is 0 Å². The van der Waals surface area contributed by atoms with Gasteiger partial charge in [-0.1, -0.05) is 263 Å². The van der Waals surface area contributed by atoms with Gasteiger partial charge >= 0.3 is 0 Å². The molecule has 0 amide bonds. The largest absolute Gasteiger partial charge is 0.151 e. The monoisotopic (exact) mass is 1580 g/mol. The molecule has 6 aromatic carbocycles. The smallest absolute Gasteiger partial charge is 0.140 e. The van der Waals surface area contributed by atoms with Gasteiger partial charge in [0, 0.05) is 33.4 Å². The van der Waals surface area contributed by atoms with Crippen molar-refractivity contribution in [3.63, 3.8) is 0 Å². The van der Waals surface area contributed by atoms with Crippen molar-refractivity contribution in [3.8, 4) is 71.0 Å². The van der Waals surface area contributed by atoms with E-state index in [0.717, 1.165) is 71.9 Å². The molecular weight excluding hydrogens is 1500 g/mol. The molecule has 0 saturated heterocycles. The first-order chi connectivity index (χ1) is 54.1. The van der Waals surface area contributed by atoms with Crippen molar-refractivity contribution in [1.82, 2.24) is 61.2 Å². The predicted molar refractivity (Wildman–Crippen MR) is 455 cm³/mol. The Labute approximate surface area is 684 Å². The average molecular weight is 1580 g/mol. The van der Waals surface area contributed by atoms with Crippen LogP contribution in [0, 0.1) is 78.0 Å². The first-order valence-electron chi connectivity index (χ1n) is 36.7. The van der Waals surface area contributed by atoms with Gasteiger partial charge in [-0.2, -0.15) is 0 Å². The fourth-order valence-electron chi connectivity index (χ4n) is 9.60. The lowest BCUT2D eigenvalue weighted by atomic mass is 10.0. The second-order valence-electron chi connectivity index (χ2n) is 24.8. The number of hydrogen-bond acceptors (Lipinski definition) is 12. The molecule has 18 heteroatoms. The molecule has 0 unspecified atom stereocenters. The van der Waals surface area contributed by atoms with E-state index in [-0.39, 0.29) is 0 Å². The van der Waals surface area contributed by atoms with Crippen LogP contribution in [-0.2, 0) is 32.1 Å². The lowest BCUT2D eigenvalue weighted by molar-refractivity contribution is 0.667. The minimum Gasteiger partial charge on any atom is -0.140 e. The minimum absolute atomic E-state index is 0.376. The van der Waals surface area contributed by atoms with E-state index < -0.39 is 0 Å². The van der Waals surface area contributed by atoms with Crippen LogP contribution in [0.1, 0.15) is 200 Å². The number of unbranched alkanes of at least 4 members (excludes halogenated alkanes) is 6. The fourth-order valence-corrected chi connectivity index (χ4v) is 10.2. The third-order valence-corrected chi connectivity index (χ3v) is 17.0. The van der Waals surface area contributed by atoms with E-state index in [1.807, 2.05) is 67.6 Å². The van der Waals surface area contributed by atoms with Crippen molar-refractivity contribution in [1.29, 1.82) is 0 Å². The van der Waals surface area contributed by atoms with E-state index in [0.29, 0.717) is 65.1 Å². The average Bonchev–Trinajstić information content (AvgIpc) is 0.913. The van der Waals surface area contributed by atoms with Crippen LogP contribution in [0.3, 0.4) is 0 Å². The highest BCUT2D eigenvalue weighted by Crippen LogP contribution is 2.15. The van der Waals surface area contributed by atoms with Crippen molar-refractivity contribution in [2.24, 2.45) is 0 Å². The molecule has 0 bridgehead atoms. The maximum absolute atomic E-state index is 5.69. The first kappa shape index (κ1) is 87.1. The number of halogens is 6. The fraction of sp³-hybridized carbons (Fsp3) is 0.226. The third kappa shape index (κ3) is 36.8. The van der Waals surface area contributed by atoms with E-state index >= 15 is 0 Å². The van der Waals surface area contributed by atoms with Gasteiger partial charge in [0.2, 0.25) is 0 Å². The van der Waals surface area contributed by atoms with Gasteiger partial charge < -0.3 is 0 Å². The summed E-state index contributed by atoms with van der Waals surface area (Å²) in [7, 11) is 0. The van der Waals surface area contributed by atoms with Crippen LogP contribution in [-0.4, -0.2) is 61.2 Å². The summed E-state index contributed by atoms with van der Waals surface area (Å²) in [6, 6.07) is 70.3. The van der Waals surface area contributed by atoms with Gasteiger partial charge in [-0.25, -0.2) is 0 Å². The van der Waals surface area contributed by atoms with Gasteiger partial charge in [-0.3, -0.25) is 0 Å². The molecule has 558 valence electrons. The summed E-state index contributed by atoms with van der Waals surface area (Å²) < 4.78 is 0. The van der Waals surface area contributed by atoms with Crippen LogP contribution in [0.2, 0.25) is 30.9 Å². The maximum atomic E-state index is 5.69. The molecule has 0 aliphatic rings. The molecular formula is C93H84Cl6N12. The summed E-state index contributed by atoms with van der Waals surface area (Å²) in [5.41, 5.74) is 17.6. The highest BCUT2D eigenvalue weighted by Gasteiger charge is 2.02. The molecule has 12 aromatic rings. The summed E-state index contributed by atoms with van der Waals surface area (Å²) in [5.74, 6) is 36.1. The number of rotatable bonds is 15. The van der Waals surface area contributed by atoms with Crippen molar-refractivity contribution in [3.05, 3.63) is 350 Å². The van der Waals surface area contributed by atoms with Crippen LogP contribution in [0.5, 0.6) is 0 Å². The molecule has 0 fully saturated rings. The zero-order chi connectivity index (χ0) is 78.9. The number of aryl methyl sites for hydroxylation is 6. The number of benzene rings is 6. The SMILES string of the molecule is CCCCCCc1ccc(C#Cc2ccc(Cl)nn2)cc1.CCCCCc1ccc(C#Cc2ccc(Cl)nn2)cc1.CCCCc1ccc(C#Cc2ccc(Cl)nn2)cc1.CCCc1ccc(C#Cc2ccc(Cl)nn2)cc1.CCc1ccc(C#Cc2ccc(Cl)nn2)cc1.Cc1ccc(C#Cc2ccc(Cl)nn2)cc1. The Bertz CT molecular complexity index is 5070. The van der Waals surface area contributed by atoms with E-state index in [2.05, 4.69) is 252 Å². The summed E-state index contributed by atoms with van der Waals surface area (Å²) >= 11 is 33.9. The molecule has 0 saturated carbocycles. The van der Waals surface area contributed by atoms with Crippen LogP contribution < -0.4 is 0 Å². The standard InChI is InChI=1S/C18H19ClN2.C17H17ClN2.C16H15ClN2.C15H13ClN2.C14H11ClN2.C13H9ClN2/c1-2-3-4-5-6-15-7-9-16(10-8-15)11-12-17-13-14-18(19)21-20-17;1-2-3-4-5-14-6-8-15(9-7-14)10-11-16-12-13-17(18)20-19-16;1-2-3-4-13-5-7-14(8-6-13)9-10-15-11-12-16(17)19-18-15;1-2-3-12-4-6-13(7-5-12)8-9-14-10-11-15(16)18-17-14;1-2-11-3-5-12(6-4-11)7-8-13-9-10-14(15)17-16-13;1-10-2-4-11(5-3-10)6-7-12-8-9-13(14)16-15-12/h7-10,13-14H,2-6H2,1H3;6-9,12-13H,2-5H2,1H3;5-8,11-12H,2-4H2,1H3;4-7,10-11H,2-3H2,1H3;3-6,9-10H,2H2,1H3;2-5,8-9H,1H3.